The Kier molecular flexibility index (Phi) is 7.95. The molecule has 0 aliphatic carbocycles. The van der Waals surface area contributed by atoms with E-state index in [0.29, 0.717) is 25.1 Å². The Morgan fingerprint density at radius 3 is 2.60 bits per heavy atom. The molecule has 0 aromatic carbocycles. The Hall–Kier alpha value is -0.870. The number of carboxylic acids is 1. The first kappa shape index (κ1) is 14.1. The van der Waals surface area contributed by atoms with Crippen molar-refractivity contribution in [3.8, 4) is 0 Å². The van der Waals surface area contributed by atoms with E-state index < -0.39 is 5.97 Å². The summed E-state index contributed by atoms with van der Waals surface area (Å²) in [5, 5.41) is 12.0. The lowest BCUT2D eigenvalue weighted by Crippen LogP contribution is -2.32. The van der Waals surface area contributed by atoms with Crippen LogP contribution in [0.25, 0.3) is 0 Å². The Morgan fingerprint density at radius 2 is 2.20 bits per heavy atom. The molecule has 88 valence electrons. The quantitative estimate of drug-likeness (QED) is 0.601. The first-order chi connectivity index (χ1) is 7.15. The SMILES string of the molecule is CC/C(=C/CNC(CC)COC)C(=O)O. The average Bonchev–Trinajstić information content (AvgIpc) is 2.22. The number of hydrogen-bond donors (Lipinski definition) is 2. The summed E-state index contributed by atoms with van der Waals surface area (Å²) in [4.78, 5) is 10.7. The number of ether oxygens (including phenoxy) is 1. The third kappa shape index (κ3) is 6.25. The number of hydrogen-bond acceptors (Lipinski definition) is 3. The van der Waals surface area contributed by atoms with Gasteiger partial charge in [-0.25, -0.2) is 4.79 Å². The normalized spacial score (nSPS) is 13.9. The molecule has 0 bridgehead atoms. The second-order valence-electron chi connectivity index (χ2n) is 3.36. The van der Waals surface area contributed by atoms with Gasteiger partial charge < -0.3 is 15.2 Å². The Morgan fingerprint density at radius 1 is 1.53 bits per heavy atom. The molecule has 0 radical (unpaired) electrons. The van der Waals surface area contributed by atoms with Gasteiger partial charge >= 0.3 is 5.97 Å². The summed E-state index contributed by atoms with van der Waals surface area (Å²) in [5.74, 6) is -0.834. The van der Waals surface area contributed by atoms with Gasteiger partial charge in [-0.2, -0.15) is 0 Å². The second kappa shape index (κ2) is 8.44. The van der Waals surface area contributed by atoms with Crippen molar-refractivity contribution in [1.29, 1.82) is 0 Å². The lowest BCUT2D eigenvalue weighted by Gasteiger charge is -2.14. The highest BCUT2D eigenvalue weighted by Crippen LogP contribution is 1.99. The van der Waals surface area contributed by atoms with Gasteiger partial charge in [-0.1, -0.05) is 19.9 Å². The number of nitrogens with one attached hydrogen (secondary N) is 1. The molecule has 0 saturated heterocycles. The van der Waals surface area contributed by atoms with Crippen LogP contribution in [0.15, 0.2) is 11.6 Å². The molecule has 4 nitrogen and oxygen atoms in total. The number of methoxy groups -OCH3 is 1. The van der Waals surface area contributed by atoms with E-state index in [2.05, 4.69) is 12.2 Å². The van der Waals surface area contributed by atoms with Crippen LogP contribution < -0.4 is 5.32 Å². The zero-order chi connectivity index (χ0) is 11.7. The maximum atomic E-state index is 10.7. The molecule has 0 fully saturated rings. The minimum atomic E-state index is -0.834. The van der Waals surface area contributed by atoms with Crippen molar-refractivity contribution in [1.82, 2.24) is 5.32 Å². The van der Waals surface area contributed by atoms with Crippen LogP contribution in [0.1, 0.15) is 26.7 Å². The zero-order valence-corrected chi connectivity index (χ0v) is 9.75. The van der Waals surface area contributed by atoms with Crippen LogP contribution in [0.3, 0.4) is 0 Å². The summed E-state index contributed by atoms with van der Waals surface area (Å²) in [6.07, 6.45) is 3.24. The highest BCUT2D eigenvalue weighted by atomic mass is 16.5. The van der Waals surface area contributed by atoms with Gasteiger partial charge in [-0.3, -0.25) is 0 Å². The Balaban J connectivity index is 3.97. The fraction of sp³-hybridized carbons (Fsp3) is 0.727. The average molecular weight is 215 g/mol. The van der Waals surface area contributed by atoms with Gasteiger partial charge in [0, 0.05) is 25.3 Å². The molecule has 4 heteroatoms. The van der Waals surface area contributed by atoms with E-state index in [-0.39, 0.29) is 6.04 Å². The Labute approximate surface area is 91.3 Å². The molecular weight excluding hydrogens is 194 g/mol. The van der Waals surface area contributed by atoms with Gasteiger partial charge in [0.1, 0.15) is 0 Å². The molecule has 0 rings (SSSR count). The standard InChI is InChI=1S/C11H21NO3/c1-4-9(11(13)14)6-7-12-10(5-2)8-15-3/h6,10,12H,4-5,7-8H2,1-3H3,(H,13,14)/b9-6-. The van der Waals surface area contributed by atoms with Crippen LogP contribution in [-0.4, -0.2) is 37.4 Å². The molecule has 0 heterocycles. The van der Waals surface area contributed by atoms with Gasteiger partial charge in [0.2, 0.25) is 0 Å². The zero-order valence-electron chi connectivity index (χ0n) is 9.75. The summed E-state index contributed by atoms with van der Waals surface area (Å²) in [7, 11) is 1.66. The van der Waals surface area contributed by atoms with Crippen molar-refractivity contribution < 1.29 is 14.6 Å². The molecule has 15 heavy (non-hydrogen) atoms. The lowest BCUT2D eigenvalue weighted by atomic mass is 10.2. The van der Waals surface area contributed by atoms with Crippen LogP contribution in [0, 0.1) is 0 Å². The van der Waals surface area contributed by atoms with Crippen molar-refractivity contribution in [2.75, 3.05) is 20.3 Å². The molecule has 0 spiro atoms. The van der Waals surface area contributed by atoms with Crippen molar-refractivity contribution >= 4 is 5.97 Å². The lowest BCUT2D eigenvalue weighted by molar-refractivity contribution is -0.132. The van der Waals surface area contributed by atoms with E-state index >= 15 is 0 Å². The van der Waals surface area contributed by atoms with Gasteiger partial charge in [0.05, 0.1) is 6.61 Å². The number of carbonyl (C=O) groups is 1. The summed E-state index contributed by atoms with van der Waals surface area (Å²) < 4.78 is 5.03. The molecule has 0 amide bonds. The minimum absolute atomic E-state index is 0.290. The van der Waals surface area contributed by atoms with Gasteiger partial charge in [0.15, 0.2) is 0 Å². The summed E-state index contributed by atoms with van der Waals surface area (Å²) in [6.45, 7) is 5.14. The maximum absolute atomic E-state index is 10.7. The molecule has 0 saturated carbocycles. The van der Waals surface area contributed by atoms with E-state index in [1.165, 1.54) is 0 Å². The highest BCUT2D eigenvalue weighted by Gasteiger charge is 2.05. The first-order valence-corrected chi connectivity index (χ1v) is 5.30. The third-order valence-electron chi connectivity index (χ3n) is 2.27. The predicted octanol–water partition coefficient (Wildman–Crippen LogP) is 1.42. The fourth-order valence-corrected chi connectivity index (χ4v) is 1.25. The van der Waals surface area contributed by atoms with Gasteiger partial charge in [0.25, 0.3) is 0 Å². The third-order valence-corrected chi connectivity index (χ3v) is 2.27. The molecular formula is C11H21NO3. The van der Waals surface area contributed by atoms with E-state index in [1.807, 2.05) is 6.92 Å². The minimum Gasteiger partial charge on any atom is -0.478 e. The molecule has 1 unspecified atom stereocenters. The van der Waals surface area contributed by atoms with E-state index in [4.69, 9.17) is 9.84 Å². The highest BCUT2D eigenvalue weighted by molar-refractivity contribution is 5.86. The van der Waals surface area contributed by atoms with Crippen LogP contribution in [0.5, 0.6) is 0 Å². The number of rotatable bonds is 8. The molecule has 0 aromatic heterocycles. The smallest absolute Gasteiger partial charge is 0.331 e. The van der Waals surface area contributed by atoms with Crippen LogP contribution in [0.4, 0.5) is 0 Å². The predicted molar refractivity (Wildman–Crippen MR) is 60.0 cm³/mol. The summed E-state index contributed by atoms with van der Waals surface area (Å²) >= 11 is 0. The summed E-state index contributed by atoms with van der Waals surface area (Å²) in [5.41, 5.74) is 0.453. The maximum Gasteiger partial charge on any atom is 0.331 e. The van der Waals surface area contributed by atoms with Crippen molar-refractivity contribution in [2.24, 2.45) is 0 Å². The van der Waals surface area contributed by atoms with Gasteiger partial charge in [-0.15, -0.1) is 0 Å². The van der Waals surface area contributed by atoms with E-state index in [1.54, 1.807) is 13.2 Å². The van der Waals surface area contributed by atoms with Crippen molar-refractivity contribution in [3.05, 3.63) is 11.6 Å². The topological polar surface area (TPSA) is 58.6 Å². The van der Waals surface area contributed by atoms with Crippen molar-refractivity contribution in [2.45, 2.75) is 32.7 Å². The van der Waals surface area contributed by atoms with E-state index in [0.717, 1.165) is 6.42 Å². The molecule has 0 aliphatic rings. The Bertz CT molecular complexity index is 214. The number of carboxylic acid groups (broad SMARTS) is 1. The number of aliphatic carboxylic acids is 1. The van der Waals surface area contributed by atoms with Crippen molar-refractivity contribution in [3.63, 3.8) is 0 Å². The van der Waals surface area contributed by atoms with Crippen LogP contribution >= 0.6 is 0 Å². The van der Waals surface area contributed by atoms with E-state index in [9.17, 15) is 4.79 Å². The fourth-order valence-electron chi connectivity index (χ4n) is 1.25. The molecule has 0 aliphatic heterocycles. The molecule has 1 atom stereocenters. The molecule has 2 N–H and O–H groups in total. The van der Waals surface area contributed by atoms with Crippen LogP contribution in [-0.2, 0) is 9.53 Å². The monoisotopic (exact) mass is 215 g/mol. The second-order valence-corrected chi connectivity index (χ2v) is 3.36. The largest absolute Gasteiger partial charge is 0.478 e. The summed E-state index contributed by atoms with van der Waals surface area (Å²) in [6, 6.07) is 0.290. The molecule has 0 aromatic rings. The van der Waals surface area contributed by atoms with Gasteiger partial charge in [-0.05, 0) is 12.8 Å². The van der Waals surface area contributed by atoms with Crippen LogP contribution in [0.2, 0.25) is 0 Å². The first-order valence-electron chi connectivity index (χ1n) is 5.30.